The van der Waals surface area contributed by atoms with Gasteiger partial charge in [0.1, 0.15) is 10.9 Å². The van der Waals surface area contributed by atoms with Gasteiger partial charge in [-0.15, -0.1) is 0 Å². The topological polar surface area (TPSA) is 96.5 Å². The molecule has 2 aliphatic carbocycles. The Morgan fingerprint density at radius 3 is 2.59 bits per heavy atom. The third-order valence-electron chi connectivity index (χ3n) is 6.78. The van der Waals surface area contributed by atoms with Crippen molar-refractivity contribution in [3.63, 3.8) is 0 Å². The highest BCUT2D eigenvalue weighted by molar-refractivity contribution is 7.99. The van der Waals surface area contributed by atoms with Gasteiger partial charge in [-0.3, -0.25) is 14.3 Å². The van der Waals surface area contributed by atoms with Crippen molar-refractivity contribution in [2.75, 3.05) is 0 Å². The predicted octanol–water partition coefficient (Wildman–Crippen LogP) is 4.68. The molecule has 1 aromatic rings. The van der Waals surface area contributed by atoms with Gasteiger partial charge >= 0.3 is 6.09 Å². The number of carbonyl (C=O) groups excluding carboxylic acids is 3. The number of ether oxygens (including phenoxy) is 1. The van der Waals surface area contributed by atoms with Crippen LogP contribution in [0.3, 0.4) is 0 Å². The number of hydrogen-bond donors (Lipinski definition) is 3. The van der Waals surface area contributed by atoms with Crippen molar-refractivity contribution in [2.45, 2.75) is 88.1 Å². The fourth-order valence-corrected chi connectivity index (χ4v) is 5.74. The maximum atomic E-state index is 13.0. The maximum absolute atomic E-state index is 13.0. The average Bonchev–Trinajstić information content (AvgIpc) is 3.66. The summed E-state index contributed by atoms with van der Waals surface area (Å²) in [5.41, 5.74) is 0.0540. The Hall–Kier alpha value is -1.93. The van der Waals surface area contributed by atoms with E-state index in [0.29, 0.717) is 23.8 Å². The van der Waals surface area contributed by atoms with Crippen molar-refractivity contribution in [3.8, 4) is 0 Å². The monoisotopic (exact) mass is 507 g/mol. The highest BCUT2D eigenvalue weighted by Crippen LogP contribution is 2.49. The minimum absolute atomic E-state index is 0.0492. The SMILES string of the molecule is C[C@H](C[C@@H]1CC(C)(C)NC1=O)NC(=O)[C@H](CC1CC1)SNC(=O)OC1(c2cccc(Cl)c2)CC1. The molecule has 0 bridgehead atoms. The Kier molecular flexibility index (Phi) is 7.38. The summed E-state index contributed by atoms with van der Waals surface area (Å²) in [6.45, 7) is 5.96. The zero-order chi connectivity index (χ0) is 24.5. The molecule has 3 aliphatic rings. The average molecular weight is 508 g/mol. The molecule has 1 saturated heterocycles. The summed E-state index contributed by atoms with van der Waals surface area (Å²) in [4.78, 5) is 37.8. The standard InChI is InChI=1S/C25H34ClN3O4S/c1-15(11-17-14-24(2,3)28-21(17)30)27-22(31)20(12-16-7-8-16)34-29-23(32)33-25(9-10-25)18-5-4-6-19(26)13-18/h4-6,13,15-17,20H,7-12,14H2,1-3H3,(H,27,31)(H,28,30)(H,29,32)/t15-,17-,20+/m1/s1. The molecule has 2 saturated carbocycles. The van der Waals surface area contributed by atoms with E-state index in [1.807, 2.05) is 39.0 Å². The van der Waals surface area contributed by atoms with Gasteiger partial charge in [-0.25, -0.2) is 4.79 Å². The first-order valence-corrected chi connectivity index (χ1v) is 13.3. The number of amides is 3. The normalized spacial score (nSPS) is 24.0. The largest absolute Gasteiger partial charge is 0.437 e. The van der Waals surface area contributed by atoms with Crippen LogP contribution in [0.2, 0.25) is 5.02 Å². The van der Waals surface area contributed by atoms with E-state index in [0.717, 1.165) is 49.6 Å². The fourth-order valence-electron chi connectivity index (χ4n) is 4.72. The zero-order valence-corrected chi connectivity index (χ0v) is 21.6. The second-order valence-corrected chi connectivity index (χ2v) is 12.1. The van der Waals surface area contributed by atoms with E-state index < -0.39 is 16.9 Å². The molecule has 1 heterocycles. The molecule has 3 N–H and O–H groups in total. The molecule has 4 rings (SSSR count). The predicted molar refractivity (Wildman–Crippen MR) is 133 cm³/mol. The molecule has 1 aromatic carbocycles. The third-order valence-corrected chi connectivity index (χ3v) is 7.99. The summed E-state index contributed by atoms with van der Waals surface area (Å²) in [7, 11) is 0. The van der Waals surface area contributed by atoms with Crippen molar-refractivity contribution in [2.24, 2.45) is 11.8 Å². The van der Waals surface area contributed by atoms with Crippen molar-refractivity contribution in [1.82, 2.24) is 15.4 Å². The summed E-state index contributed by atoms with van der Waals surface area (Å²) in [5.74, 6) is 0.347. The van der Waals surface area contributed by atoms with E-state index in [2.05, 4.69) is 15.4 Å². The first-order chi connectivity index (χ1) is 16.1. The molecule has 0 radical (unpaired) electrons. The van der Waals surface area contributed by atoms with Gasteiger partial charge in [-0.2, -0.15) is 0 Å². The Balaban J connectivity index is 1.28. The summed E-state index contributed by atoms with van der Waals surface area (Å²) >= 11 is 7.21. The lowest BCUT2D eigenvalue weighted by atomic mass is 9.92. The van der Waals surface area contributed by atoms with Crippen molar-refractivity contribution < 1.29 is 19.1 Å². The second kappa shape index (κ2) is 9.97. The lowest BCUT2D eigenvalue weighted by Crippen LogP contribution is -2.42. The van der Waals surface area contributed by atoms with Crippen LogP contribution in [0.1, 0.15) is 71.3 Å². The van der Waals surface area contributed by atoms with E-state index >= 15 is 0 Å². The van der Waals surface area contributed by atoms with Gasteiger partial charge in [0.2, 0.25) is 11.8 Å². The number of nitrogens with one attached hydrogen (secondary N) is 3. The summed E-state index contributed by atoms with van der Waals surface area (Å²) in [5, 5.41) is 6.27. The quantitative estimate of drug-likeness (QED) is 0.399. The Bertz CT molecular complexity index is 948. The zero-order valence-electron chi connectivity index (χ0n) is 20.0. The molecule has 3 fully saturated rings. The van der Waals surface area contributed by atoms with Gasteiger partial charge in [0.15, 0.2) is 0 Å². The van der Waals surface area contributed by atoms with Crippen LogP contribution in [0.5, 0.6) is 0 Å². The first kappa shape index (κ1) is 25.2. The molecule has 3 amide bonds. The molecule has 1 aliphatic heterocycles. The molecule has 7 nitrogen and oxygen atoms in total. The highest BCUT2D eigenvalue weighted by atomic mass is 35.5. The van der Waals surface area contributed by atoms with Crippen LogP contribution < -0.4 is 15.4 Å². The molecule has 3 atom stereocenters. The lowest BCUT2D eigenvalue weighted by Gasteiger charge is -2.22. The molecule has 0 unspecified atom stereocenters. The Morgan fingerprint density at radius 1 is 1.26 bits per heavy atom. The van der Waals surface area contributed by atoms with Crippen LogP contribution in [0.4, 0.5) is 4.79 Å². The van der Waals surface area contributed by atoms with E-state index in [4.69, 9.17) is 16.3 Å². The van der Waals surface area contributed by atoms with Gasteiger partial charge in [0, 0.05) is 22.5 Å². The van der Waals surface area contributed by atoms with Gasteiger partial charge in [0.05, 0.1) is 0 Å². The summed E-state index contributed by atoms with van der Waals surface area (Å²) in [6, 6.07) is 7.24. The maximum Gasteiger partial charge on any atom is 0.418 e. The first-order valence-electron chi connectivity index (χ1n) is 12.1. The molecule has 0 aromatic heterocycles. The Labute approximate surface area is 210 Å². The van der Waals surface area contributed by atoms with Crippen LogP contribution in [-0.2, 0) is 19.9 Å². The Morgan fingerprint density at radius 2 is 2.00 bits per heavy atom. The van der Waals surface area contributed by atoms with Crippen molar-refractivity contribution in [1.29, 1.82) is 0 Å². The fraction of sp³-hybridized carbons (Fsp3) is 0.640. The minimum Gasteiger partial charge on any atom is -0.437 e. The van der Waals surface area contributed by atoms with Gasteiger partial charge < -0.3 is 15.4 Å². The van der Waals surface area contributed by atoms with Gasteiger partial charge in [-0.05, 0) is 88.4 Å². The summed E-state index contributed by atoms with van der Waals surface area (Å²) < 4.78 is 8.48. The molecular weight excluding hydrogens is 474 g/mol. The third kappa shape index (κ3) is 6.60. The second-order valence-electron chi connectivity index (χ2n) is 10.7. The van der Waals surface area contributed by atoms with E-state index in [9.17, 15) is 14.4 Å². The number of benzene rings is 1. The van der Waals surface area contributed by atoms with Crippen LogP contribution in [0.15, 0.2) is 24.3 Å². The molecular formula is C25H34ClN3O4S. The molecule has 34 heavy (non-hydrogen) atoms. The number of halogens is 1. The van der Waals surface area contributed by atoms with Crippen LogP contribution in [-0.4, -0.2) is 34.7 Å². The van der Waals surface area contributed by atoms with Crippen molar-refractivity contribution >= 4 is 41.5 Å². The van der Waals surface area contributed by atoms with Crippen LogP contribution in [0.25, 0.3) is 0 Å². The number of hydrogen-bond acceptors (Lipinski definition) is 5. The van der Waals surface area contributed by atoms with Crippen LogP contribution >= 0.6 is 23.5 Å². The highest BCUT2D eigenvalue weighted by Gasteiger charge is 2.49. The number of carbonyl (C=O) groups is 3. The van der Waals surface area contributed by atoms with E-state index in [1.54, 1.807) is 6.07 Å². The van der Waals surface area contributed by atoms with Crippen molar-refractivity contribution in [3.05, 3.63) is 34.9 Å². The summed E-state index contributed by atoms with van der Waals surface area (Å²) in [6.07, 6.45) is 5.24. The lowest BCUT2D eigenvalue weighted by molar-refractivity contribution is -0.124. The molecule has 186 valence electrons. The number of rotatable bonds is 10. The van der Waals surface area contributed by atoms with Gasteiger partial charge in [0.25, 0.3) is 0 Å². The van der Waals surface area contributed by atoms with Gasteiger partial charge in [-0.1, -0.05) is 36.6 Å². The molecule has 0 spiro atoms. The van der Waals surface area contributed by atoms with E-state index in [1.165, 1.54) is 0 Å². The minimum atomic E-state index is -0.631. The molecule has 9 heteroatoms. The smallest absolute Gasteiger partial charge is 0.418 e. The van der Waals surface area contributed by atoms with E-state index in [-0.39, 0.29) is 29.3 Å². The van der Waals surface area contributed by atoms with Crippen LogP contribution in [0, 0.1) is 11.8 Å².